The first kappa shape index (κ1) is 27.8. The molecule has 2 aliphatic heterocycles. The van der Waals surface area contributed by atoms with E-state index in [4.69, 9.17) is 4.74 Å². The number of aromatic nitrogens is 4. The molecule has 2 aliphatic rings. The van der Waals surface area contributed by atoms with Gasteiger partial charge in [0.15, 0.2) is 0 Å². The minimum absolute atomic E-state index is 0.0146. The average Bonchev–Trinajstić information content (AvgIpc) is 3.28. The van der Waals surface area contributed by atoms with E-state index < -0.39 is 27.8 Å². The molecule has 0 spiro atoms. The van der Waals surface area contributed by atoms with Gasteiger partial charge in [-0.25, -0.2) is 22.8 Å². The quantitative estimate of drug-likeness (QED) is 0.459. The Morgan fingerprint density at radius 1 is 1.24 bits per heavy atom. The molecular formula is C24H38FN7O4S. The fourth-order valence-electron chi connectivity index (χ4n) is 4.66. The van der Waals surface area contributed by atoms with Crippen molar-refractivity contribution in [3.63, 3.8) is 0 Å². The van der Waals surface area contributed by atoms with Crippen LogP contribution in [0.15, 0.2) is 18.6 Å². The number of aryl methyl sites for hydroxylation is 1. The normalized spacial score (nSPS) is 22.3. The summed E-state index contributed by atoms with van der Waals surface area (Å²) in [6.07, 6.45) is 4.59. The van der Waals surface area contributed by atoms with E-state index in [1.165, 1.54) is 4.31 Å². The van der Waals surface area contributed by atoms with Crippen LogP contribution < -0.4 is 5.32 Å². The van der Waals surface area contributed by atoms with Crippen LogP contribution in [0.5, 0.6) is 0 Å². The smallest absolute Gasteiger partial charge is 0.223 e. The molecule has 2 aromatic rings. The van der Waals surface area contributed by atoms with Crippen molar-refractivity contribution in [2.75, 3.05) is 57.0 Å². The van der Waals surface area contributed by atoms with E-state index in [-0.39, 0.29) is 24.8 Å². The van der Waals surface area contributed by atoms with Crippen molar-refractivity contribution in [2.45, 2.75) is 58.0 Å². The Balaban J connectivity index is 1.33. The second kappa shape index (κ2) is 11.7. The molecule has 2 aromatic heterocycles. The summed E-state index contributed by atoms with van der Waals surface area (Å²) in [5.74, 6) is 0.297. The molecule has 2 N–H and O–H groups in total. The lowest BCUT2D eigenvalue weighted by Crippen LogP contribution is -2.50. The molecule has 0 radical (unpaired) electrons. The van der Waals surface area contributed by atoms with Crippen molar-refractivity contribution in [1.29, 1.82) is 0 Å². The van der Waals surface area contributed by atoms with E-state index >= 15 is 4.39 Å². The number of aliphatic hydroxyl groups is 1. The van der Waals surface area contributed by atoms with Gasteiger partial charge in [-0.05, 0) is 45.7 Å². The Morgan fingerprint density at radius 3 is 2.70 bits per heavy atom. The third kappa shape index (κ3) is 7.66. The first-order chi connectivity index (χ1) is 17.5. The molecule has 4 rings (SSSR count). The van der Waals surface area contributed by atoms with E-state index in [9.17, 15) is 13.5 Å². The third-order valence-corrected chi connectivity index (χ3v) is 8.54. The van der Waals surface area contributed by atoms with Crippen molar-refractivity contribution in [2.24, 2.45) is 0 Å². The van der Waals surface area contributed by atoms with Gasteiger partial charge in [-0.1, -0.05) is 0 Å². The minimum Gasteiger partial charge on any atom is -0.389 e. The number of nitrogens with zero attached hydrogens (tertiary/aromatic N) is 6. The number of ether oxygens (including phenoxy) is 1. The van der Waals surface area contributed by atoms with Gasteiger partial charge in [0.2, 0.25) is 16.0 Å². The molecule has 2 saturated heterocycles. The number of halogens is 1. The van der Waals surface area contributed by atoms with E-state index in [1.807, 2.05) is 6.92 Å². The van der Waals surface area contributed by atoms with Gasteiger partial charge in [-0.2, -0.15) is 9.40 Å². The highest BCUT2D eigenvalue weighted by molar-refractivity contribution is 7.89. The van der Waals surface area contributed by atoms with E-state index in [1.54, 1.807) is 37.1 Å². The van der Waals surface area contributed by atoms with Gasteiger partial charge >= 0.3 is 0 Å². The largest absolute Gasteiger partial charge is 0.389 e. The maximum atomic E-state index is 15.1. The molecule has 0 aliphatic carbocycles. The minimum atomic E-state index is -3.52. The number of alkyl halides is 1. The number of piperidine rings is 1. The van der Waals surface area contributed by atoms with Crippen LogP contribution >= 0.6 is 0 Å². The molecule has 13 heteroatoms. The predicted molar refractivity (Wildman–Crippen MR) is 138 cm³/mol. The van der Waals surface area contributed by atoms with Gasteiger partial charge in [0.05, 0.1) is 49.0 Å². The molecule has 2 fully saturated rings. The fraction of sp³-hybridized carbons (Fsp3) is 0.708. The first-order valence-electron chi connectivity index (χ1n) is 12.8. The SMILES string of the molecule is Cc1cnc(N[C@H]2CCN(S(=O)(=O)CCCN3CCOCC3)C[C@H]2F)nc1-c1cnn(CC(C)(C)O)c1. The van der Waals surface area contributed by atoms with Gasteiger partial charge in [0.25, 0.3) is 0 Å². The summed E-state index contributed by atoms with van der Waals surface area (Å²) in [5, 5.41) is 17.4. The molecule has 0 saturated carbocycles. The third-order valence-electron chi connectivity index (χ3n) is 6.62. The molecule has 2 atom stereocenters. The van der Waals surface area contributed by atoms with Gasteiger partial charge in [-0.3, -0.25) is 9.58 Å². The Hall–Kier alpha value is -2.19. The highest BCUT2D eigenvalue weighted by Gasteiger charge is 2.35. The van der Waals surface area contributed by atoms with Crippen LogP contribution in [-0.2, 0) is 21.3 Å². The Bertz CT molecular complexity index is 1150. The predicted octanol–water partition coefficient (Wildman–Crippen LogP) is 1.30. The topological polar surface area (TPSA) is 126 Å². The maximum Gasteiger partial charge on any atom is 0.223 e. The zero-order chi connectivity index (χ0) is 26.6. The summed E-state index contributed by atoms with van der Waals surface area (Å²) >= 11 is 0. The molecule has 0 aromatic carbocycles. The lowest BCUT2D eigenvalue weighted by molar-refractivity contribution is 0.0380. The summed E-state index contributed by atoms with van der Waals surface area (Å²) in [6.45, 7) is 9.38. The Morgan fingerprint density at radius 2 is 2.00 bits per heavy atom. The number of hydrogen-bond acceptors (Lipinski definition) is 9. The van der Waals surface area contributed by atoms with Gasteiger partial charge in [-0.15, -0.1) is 0 Å². The molecule has 37 heavy (non-hydrogen) atoms. The summed E-state index contributed by atoms with van der Waals surface area (Å²) in [5.41, 5.74) is 1.36. The van der Waals surface area contributed by atoms with Crippen LogP contribution in [0.4, 0.5) is 10.3 Å². The second-order valence-corrected chi connectivity index (χ2v) is 12.6. The summed E-state index contributed by atoms with van der Waals surface area (Å²) in [4.78, 5) is 11.1. The zero-order valence-electron chi connectivity index (χ0n) is 21.8. The molecule has 0 unspecified atom stereocenters. The summed E-state index contributed by atoms with van der Waals surface area (Å²) in [6, 6.07) is -0.590. The van der Waals surface area contributed by atoms with Crippen LogP contribution in [0.3, 0.4) is 0 Å². The van der Waals surface area contributed by atoms with Crippen molar-refractivity contribution >= 4 is 16.0 Å². The summed E-state index contributed by atoms with van der Waals surface area (Å²) in [7, 11) is -3.52. The number of anilines is 1. The lowest BCUT2D eigenvalue weighted by atomic mass is 10.1. The van der Waals surface area contributed by atoms with Gasteiger partial charge < -0.3 is 15.2 Å². The highest BCUT2D eigenvalue weighted by atomic mass is 32.2. The lowest BCUT2D eigenvalue weighted by Gasteiger charge is -2.34. The van der Waals surface area contributed by atoms with Crippen LogP contribution in [0.1, 0.15) is 32.3 Å². The first-order valence-corrected chi connectivity index (χ1v) is 14.4. The van der Waals surface area contributed by atoms with E-state index in [2.05, 4.69) is 25.3 Å². The average molecular weight is 540 g/mol. The second-order valence-electron chi connectivity index (χ2n) is 10.5. The summed E-state index contributed by atoms with van der Waals surface area (Å²) < 4.78 is 49.0. The van der Waals surface area contributed by atoms with Crippen LogP contribution in [0, 0.1) is 6.92 Å². The molecule has 4 heterocycles. The Kier molecular flexibility index (Phi) is 8.79. The van der Waals surface area contributed by atoms with Crippen LogP contribution in [0.25, 0.3) is 11.3 Å². The van der Waals surface area contributed by atoms with Crippen LogP contribution in [-0.4, -0.2) is 112 Å². The van der Waals surface area contributed by atoms with Crippen molar-refractivity contribution in [1.82, 2.24) is 29.0 Å². The standard InChI is InChI=1S/C24H38FN7O4S/c1-18-13-26-23(29-22(18)19-14-27-31(15-19)17-24(2,3)33)28-21-5-7-32(16-20(21)25)37(34,35)12-4-6-30-8-10-36-11-9-30/h13-15,20-21,33H,4-12,16-17H2,1-3H3,(H,26,28,29)/t20-,21+/m1/s1. The molecule has 11 nitrogen and oxygen atoms in total. The van der Waals surface area contributed by atoms with Crippen molar-refractivity contribution in [3.05, 3.63) is 24.2 Å². The zero-order valence-corrected chi connectivity index (χ0v) is 22.6. The number of hydrogen-bond donors (Lipinski definition) is 2. The number of sulfonamides is 1. The molecule has 206 valence electrons. The number of morpholine rings is 1. The number of nitrogens with one attached hydrogen (secondary N) is 1. The highest BCUT2D eigenvalue weighted by Crippen LogP contribution is 2.24. The van der Waals surface area contributed by atoms with Gasteiger partial charge in [0.1, 0.15) is 6.17 Å². The van der Waals surface area contributed by atoms with Crippen molar-refractivity contribution in [3.8, 4) is 11.3 Å². The van der Waals surface area contributed by atoms with Crippen LogP contribution in [0.2, 0.25) is 0 Å². The fourth-order valence-corrected chi connectivity index (χ4v) is 6.16. The monoisotopic (exact) mass is 539 g/mol. The van der Waals surface area contributed by atoms with Gasteiger partial charge in [0, 0.05) is 44.1 Å². The van der Waals surface area contributed by atoms with E-state index in [0.29, 0.717) is 44.8 Å². The number of rotatable bonds is 10. The van der Waals surface area contributed by atoms with E-state index in [0.717, 1.165) is 24.2 Å². The molecule has 0 amide bonds. The maximum absolute atomic E-state index is 15.1. The Labute approximate surface area is 218 Å². The molecule has 0 bridgehead atoms. The molecular weight excluding hydrogens is 501 g/mol. The van der Waals surface area contributed by atoms with Crippen molar-refractivity contribution < 1.29 is 22.7 Å².